The number of carboxylic acid groups (broad SMARTS) is 1. The summed E-state index contributed by atoms with van der Waals surface area (Å²) in [5.74, 6) is -1.01. The molecule has 0 saturated carbocycles. The van der Waals surface area contributed by atoms with Gasteiger partial charge in [0.05, 0.1) is 0 Å². The van der Waals surface area contributed by atoms with E-state index in [1.165, 1.54) is 0 Å². The highest BCUT2D eigenvalue weighted by Crippen LogP contribution is 2.02. The van der Waals surface area contributed by atoms with E-state index in [1.807, 2.05) is 30.3 Å². The summed E-state index contributed by atoms with van der Waals surface area (Å²) >= 11 is 0. The van der Waals surface area contributed by atoms with Crippen LogP contribution in [0.1, 0.15) is 18.4 Å². The third-order valence-corrected chi connectivity index (χ3v) is 2.44. The fourth-order valence-electron chi connectivity index (χ4n) is 1.37. The molecule has 0 spiro atoms. The molecule has 1 rings (SSSR count). The van der Waals surface area contributed by atoms with Gasteiger partial charge in [0.25, 0.3) is 0 Å². The molecule has 0 aliphatic rings. The van der Waals surface area contributed by atoms with Crippen LogP contribution >= 0.6 is 0 Å². The maximum Gasteiger partial charge on any atom is 0.407 e. The summed E-state index contributed by atoms with van der Waals surface area (Å²) in [6.07, 6.45) is 0.352. The van der Waals surface area contributed by atoms with Crippen molar-refractivity contribution in [2.75, 3.05) is 6.54 Å². The summed E-state index contributed by atoms with van der Waals surface area (Å²) in [7, 11) is 0. The number of nitrogens with one attached hydrogen (secondary N) is 1. The monoisotopic (exact) mass is 263 g/mol. The molecule has 19 heavy (non-hydrogen) atoms. The number of alkyl carbamates (subject to hydrolysis) is 1. The van der Waals surface area contributed by atoms with E-state index in [9.17, 15) is 9.59 Å². The Morgan fingerprint density at radius 1 is 1.26 bits per heavy atom. The molecular formula is C14H17NO4. The van der Waals surface area contributed by atoms with Gasteiger partial charge in [-0.1, -0.05) is 36.9 Å². The Balaban J connectivity index is 2.12. The van der Waals surface area contributed by atoms with E-state index >= 15 is 0 Å². The summed E-state index contributed by atoms with van der Waals surface area (Å²) in [5, 5.41) is 11.1. The molecule has 0 atom stereocenters. The summed E-state index contributed by atoms with van der Waals surface area (Å²) in [4.78, 5) is 21.8. The average molecular weight is 263 g/mol. The van der Waals surface area contributed by atoms with Gasteiger partial charge in [-0.15, -0.1) is 0 Å². The van der Waals surface area contributed by atoms with Crippen LogP contribution in [0.4, 0.5) is 4.79 Å². The van der Waals surface area contributed by atoms with Crippen LogP contribution in [0.3, 0.4) is 0 Å². The fourth-order valence-corrected chi connectivity index (χ4v) is 1.37. The summed E-state index contributed by atoms with van der Waals surface area (Å²) < 4.78 is 4.99. The van der Waals surface area contributed by atoms with Crippen molar-refractivity contribution >= 4 is 12.1 Å². The topological polar surface area (TPSA) is 75.6 Å². The molecule has 0 aliphatic heterocycles. The first-order valence-electron chi connectivity index (χ1n) is 5.95. The van der Waals surface area contributed by atoms with Gasteiger partial charge in [0.2, 0.25) is 0 Å². The number of carboxylic acids is 1. The van der Waals surface area contributed by atoms with Crippen molar-refractivity contribution in [3.05, 3.63) is 48.0 Å². The van der Waals surface area contributed by atoms with Gasteiger partial charge in [-0.3, -0.25) is 0 Å². The molecule has 1 amide bonds. The van der Waals surface area contributed by atoms with E-state index in [2.05, 4.69) is 11.9 Å². The van der Waals surface area contributed by atoms with Crippen LogP contribution in [0.15, 0.2) is 42.5 Å². The number of carbonyl (C=O) groups is 2. The lowest BCUT2D eigenvalue weighted by molar-refractivity contribution is -0.132. The second kappa shape index (κ2) is 7.92. The van der Waals surface area contributed by atoms with Crippen molar-refractivity contribution < 1.29 is 19.4 Å². The highest BCUT2D eigenvalue weighted by atomic mass is 16.5. The van der Waals surface area contributed by atoms with Crippen molar-refractivity contribution in [1.82, 2.24) is 5.32 Å². The zero-order valence-electron chi connectivity index (χ0n) is 10.6. The molecule has 0 heterocycles. The van der Waals surface area contributed by atoms with Crippen molar-refractivity contribution in [3.8, 4) is 0 Å². The molecule has 0 radical (unpaired) electrons. The van der Waals surface area contributed by atoms with Crippen molar-refractivity contribution in [1.29, 1.82) is 0 Å². The van der Waals surface area contributed by atoms with E-state index < -0.39 is 12.1 Å². The smallest absolute Gasteiger partial charge is 0.407 e. The van der Waals surface area contributed by atoms with E-state index in [0.717, 1.165) is 5.56 Å². The molecule has 102 valence electrons. The molecule has 1 aromatic rings. The largest absolute Gasteiger partial charge is 0.478 e. The molecular weight excluding hydrogens is 246 g/mol. The van der Waals surface area contributed by atoms with Crippen LogP contribution in [0.5, 0.6) is 0 Å². The highest BCUT2D eigenvalue weighted by molar-refractivity contribution is 5.85. The normalized spacial score (nSPS) is 9.68. The van der Waals surface area contributed by atoms with Gasteiger partial charge in [-0.25, -0.2) is 9.59 Å². The molecule has 5 nitrogen and oxygen atoms in total. The lowest BCUT2D eigenvalue weighted by atomic mass is 10.2. The first-order valence-corrected chi connectivity index (χ1v) is 5.95. The van der Waals surface area contributed by atoms with Crippen LogP contribution in [-0.4, -0.2) is 23.7 Å². The van der Waals surface area contributed by atoms with Gasteiger partial charge >= 0.3 is 12.1 Å². The molecule has 0 fully saturated rings. The number of aliphatic carboxylic acids is 1. The Labute approximate surface area is 111 Å². The van der Waals surface area contributed by atoms with Crippen molar-refractivity contribution in [3.63, 3.8) is 0 Å². The minimum Gasteiger partial charge on any atom is -0.478 e. The van der Waals surface area contributed by atoms with Crippen LogP contribution in [-0.2, 0) is 16.1 Å². The van der Waals surface area contributed by atoms with Crippen LogP contribution in [0, 0.1) is 0 Å². The molecule has 0 aliphatic carbocycles. The van der Waals surface area contributed by atoms with Crippen LogP contribution < -0.4 is 5.32 Å². The first kappa shape index (κ1) is 14.8. The number of rotatable bonds is 7. The Hall–Kier alpha value is -2.30. The minimum atomic E-state index is -1.01. The van der Waals surface area contributed by atoms with Gasteiger partial charge in [-0.2, -0.15) is 0 Å². The number of benzene rings is 1. The average Bonchev–Trinajstić information content (AvgIpc) is 2.42. The molecule has 2 N–H and O–H groups in total. The molecule has 0 saturated heterocycles. The minimum absolute atomic E-state index is 0.138. The number of hydrogen-bond donors (Lipinski definition) is 2. The van der Waals surface area contributed by atoms with Gasteiger partial charge in [0.15, 0.2) is 0 Å². The third-order valence-electron chi connectivity index (χ3n) is 2.44. The molecule has 0 bridgehead atoms. The quantitative estimate of drug-likeness (QED) is 0.584. The zero-order valence-corrected chi connectivity index (χ0v) is 10.6. The van der Waals surface area contributed by atoms with Gasteiger partial charge in [0, 0.05) is 12.1 Å². The predicted octanol–water partition coefficient (Wildman–Crippen LogP) is 2.33. The predicted molar refractivity (Wildman–Crippen MR) is 70.6 cm³/mol. The summed E-state index contributed by atoms with van der Waals surface area (Å²) in [6.45, 7) is 3.98. The maximum absolute atomic E-state index is 11.3. The number of carbonyl (C=O) groups excluding carboxylic acids is 1. The Bertz CT molecular complexity index is 442. The van der Waals surface area contributed by atoms with Crippen LogP contribution in [0.25, 0.3) is 0 Å². The SMILES string of the molecule is C=C(CCCNC(=O)OCc1ccccc1)C(=O)O. The summed E-state index contributed by atoms with van der Waals surface area (Å²) in [6, 6.07) is 9.36. The Morgan fingerprint density at radius 3 is 2.58 bits per heavy atom. The lowest BCUT2D eigenvalue weighted by Crippen LogP contribution is -2.25. The highest BCUT2D eigenvalue weighted by Gasteiger charge is 2.05. The second-order valence-electron chi connectivity index (χ2n) is 4.00. The standard InChI is InChI=1S/C14H17NO4/c1-11(13(16)17)6-5-9-15-14(18)19-10-12-7-3-2-4-8-12/h2-4,7-8H,1,5-6,9-10H2,(H,15,18)(H,16,17). The van der Waals surface area contributed by atoms with E-state index in [0.29, 0.717) is 19.4 Å². The fraction of sp³-hybridized carbons (Fsp3) is 0.286. The molecule has 1 aromatic carbocycles. The van der Waals surface area contributed by atoms with Gasteiger partial charge in [0.1, 0.15) is 6.61 Å². The van der Waals surface area contributed by atoms with Crippen LogP contribution in [0.2, 0.25) is 0 Å². The van der Waals surface area contributed by atoms with E-state index in [4.69, 9.17) is 9.84 Å². The molecule has 5 heteroatoms. The zero-order chi connectivity index (χ0) is 14.1. The number of hydrogen-bond acceptors (Lipinski definition) is 3. The van der Waals surface area contributed by atoms with Gasteiger partial charge < -0.3 is 15.2 Å². The maximum atomic E-state index is 11.3. The molecule has 0 unspecified atom stereocenters. The molecule has 0 aromatic heterocycles. The lowest BCUT2D eigenvalue weighted by Gasteiger charge is -2.07. The third kappa shape index (κ3) is 6.26. The van der Waals surface area contributed by atoms with E-state index in [-0.39, 0.29) is 12.2 Å². The Kier molecular flexibility index (Phi) is 6.15. The van der Waals surface area contributed by atoms with Crippen molar-refractivity contribution in [2.24, 2.45) is 0 Å². The first-order chi connectivity index (χ1) is 9.09. The Morgan fingerprint density at radius 2 is 1.95 bits per heavy atom. The number of ether oxygens (including phenoxy) is 1. The number of amides is 1. The second-order valence-corrected chi connectivity index (χ2v) is 4.00. The van der Waals surface area contributed by atoms with Crippen molar-refractivity contribution in [2.45, 2.75) is 19.4 Å². The summed E-state index contributed by atoms with van der Waals surface area (Å²) in [5.41, 5.74) is 1.05. The van der Waals surface area contributed by atoms with E-state index in [1.54, 1.807) is 0 Å². The van der Waals surface area contributed by atoms with Gasteiger partial charge in [-0.05, 0) is 18.4 Å².